The number of hydrogen-bond donors (Lipinski definition) is 0. The van der Waals surface area contributed by atoms with Gasteiger partial charge >= 0.3 is 0 Å². The van der Waals surface area contributed by atoms with Gasteiger partial charge in [0.2, 0.25) is 0 Å². The van der Waals surface area contributed by atoms with E-state index in [0.29, 0.717) is 28.7 Å². The molecule has 0 unspecified atom stereocenters. The third-order valence-electron chi connectivity index (χ3n) is 4.29. The van der Waals surface area contributed by atoms with Crippen LogP contribution >= 0.6 is 23.2 Å². The second-order valence-corrected chi connectivity index (χ2v) is 6.87. The van der Waals surface area contributed by atoms with Crippen molar-refractivity contribution in [1.29, 1.82) is 0 Å². The highest BCUT2D eigenvalue weighted by Crippen LogP contribution is 2.22. The summed E-state index contributed by atoms with van der Waals surface area (Å²) < 4.78 is 0. The van der Waals surface area contributed by atoms with Crippen LogP contribution in [0.2, 0.25) is 10.0 Å². The fourth-order valence-corrected chi connectivity index (χ4v) is 3.24. The lowest BCUT2D eigenvalue weighted by atomic mass is 10.1. The van der Waals surface area contributed by atoms with Crippen molar-refractivity contribution >= 4 is 35.2 Å². The molecule has 1 fully saturated rings. The van der Waals surface area contributed by atoms with Crippen LogP contribution in [-0.4, -0.2) is 48.4 Å². The van der Waals surface area contributed by atoms with Crippen LogP contribution in [0.5, 0.6) is 0 Å². The Kier molecular flexibility index (Phi) is 6.14. The first-order chi connectivity index (χ1) is 12.1. The predicted molar refractivity (Wildman–Crippen MR) is 104 cm³/mol. The first-order valence-corrected chi connectivity index (χ1v) is 9.07. The summed E-state index contributed by atoms with van der Waals surface area (Å²) in [4.78, 5) is 16.8. The molecule has 0 aliphatic carbocycles. The maximum absolute atomic E-state index is 12.6. The normalized spacial score (nSPS) is 15.7. The Morgan fingerprint density at radius 2 is 1.72 bits per heavy atom. The molecule has 25 heavy (non-hydrogen) atoms. The molecule has 0 saturated carbocycles. The molecule has 1 aliphatic rings. The summed E-state index contributed by atoms with van der Waals surface area (Å²) in [5.74, 6) is -0.0491. The number of hydrogen-bond acceptors (Lipinski definition) is 2. The van der Waals surface area contributed by atoms with Crippen molar-refractivity contribution < 1.29 is 4.79 Å². The molecular formula is C20H20Cl2N2O. The lowest BCUT2D eigenvalue weighted by Gasteiger charge is -2.34. The Bertz CT molecular complexity index is 754. The minimum Gasteiger partial charge on any atom is -0.336 e. The molecule has 5 heteroatoms. The Labute approximate surface area is 158 Å². The van der Waals surface area contributed by atoms with Gasteiger partial charge in [0.05, 0.1) is 10.6 Å². The van der Waals surface area contributed by atoms with Gasteiger partial charge in [-0.05, 0) is 23.8 Å². The van der Waals surface area contributed by atoms with E-state index < -0.39 is 0 Å². The maximum atomic E-state index is 12.6. The summed E-state index contributed by atoms with van der Waals surface area (Å²) in [5, 5.41) is 0.972. The van der Waals surface area contributed by atoms with Crippen molar-refractivity contribution in [3.8, 4) is 0 Å². The van der Waals surface area contributed by atoms with Crippen LogP contribution < -0.4 is 0 Å². The van der Waals surface area contributed by atoms with Crippen molar-refractivity contribution in [3.05, 3.63) is 75.8 Å². The zero-order valence-electron chi connectivity index (χ0n) is 13.9. The number of benzene rings is 2. The number of rotatable bonds is 4. The molecule has 1 amide bonds. The van der Waals surface area contributed by atoms with Gasteiger partial charge in [0.1, 0.15) is 0 Å². The Morgan fingerprint density at radius 3 is 2.44 bits per heavy atom. The van der Waals surface area contributed by atoms with E-state index >= 15 is 0 Å². The van der Waals surface area contributed by atoms with Gasteiger partial charge in [-0.1, -0.05) is 65.7 Å². The van der Waals surface area contributed by atoms with Gasteiger partial charge in [0, 0.05) is 37.7 Å². The van der Waals surface area contributed by atoms with Gasteiger partial charge in [-0.25, -0.2) is 0 Å². The van der Waals surface area contributed by atoms with Crippen LogP contribution in [0.4, 0.5) is 0 Å². The molecule has 1 saturated heterocycles. The van der Waals surface area contributed by atoms with Crippen molar-refractivity contribution in [1.82, 2.24) is 9.80 Å². The fraction of sp³-hybridized carbons (Fsp3) is 0.250. The van der Waals surface area contributed by atoms with Crippen LogP contribution in [0.25, 0.3) is 6.08 Å². The van der Waals surface area contributed by atoms with Crippen LogP contribution in [-0.2, 0) is 0 Å². The second kappa shape index (κ2) is 8.52. The van der Waals surface area contributed by atoms with E-state index in [2.05, 4.69) is 29.2 Å². The van der Waals surface area contributed by atoms with Gasteiger partial charge in [0.25, 0.3) is 5.91 Å². The molecule has 0 radical (unpaired) electrons. The van der Waals surface area contributed by atoms with Gasteiger partial charge in [-0.2, -0.15) is 0 Å². The Balaban J connectivity index is 1.52. The highest BCUT2D eigenvalue weighted by molar-refractivity contribution is 6.35. The third-order valence-corrected chi connectivity index (χ3v) is 4.86. The van der Waals surface area contributed by atoms with Crippen molar-refractivity contribution in [2.24, 2.45) is 0 Å². The smallest absolute Gasteiger partial charge is 0.255 e. The standard InChI is InChI=1S/C20H20Cl2N2O/c21-17-8-9-19(22)18(15-17)20(25)24-13-11-23(12-14-24)10-4-7-16-5-2-1-3-6-16/h1-9,15H,10-14H2/b7-4+. The zero-order valence-corrected chi connectivity index (χ0v) is 15.4. The molecule has 0 spiro atoms. The molecule has 130 valence electrons. The summed E-state index contributed by atoms with van der Waals surface area (Å²) in [6.07, 6.45) is 4.30. The summed E-state index contributed by atoms with van der Waals surface area (Å²) in [5.41, 5.74) is 1.68. The monoisotopic (exact) mass is 374 g/mol. The molecule has 0 N–H and O–H groups in total. The van der Waals surface area contributed by atoms with Crippen LogP contribution in [0.1, 0.15) is 15.9 Å². The minimum atomic E-state index is -0.0491. The summed E-state index contributed by atoms with van der Waals surface area (Å²) in [6, 6.07) is 15.3. The van der Waals surface area contributed by atoms with Crippen LogP contribution in [0, 0.1) is 0 Å². The van der Waals surface area contributed by atoms with Crippen LogP contribution in [0.15, 0.2) is 54.6 Å². The lowest BCUT2D eigenvalue weighted by molar-refractivity contribution is 0.0650. The molecule has 2 aromatic rings. The van der Waals surface area contributed by atoms with E-state index in [4.69, 9.17) is 23.2 Å². The molecular weight excluding hydrogens is 355 g/mol. The van der Waals surface area contributed by atoms with E-state index in [1.54, 1.807) is 18.2 Å². The van der Waals surface area contributed by atoms with Crippen molar-refractivity contribution in [2.45, 2.75) is 0 Å². The SMILES string of the molecule is O=C(c1cc(Cl)ccc1Cl)N1CCN(C/C=C/c2ccccc2)CC1. The van der Waals surface area contributed by atoms with E-state index in [0.717, 1.165) is 19.6 Å². The van der Waals surface area contributed by atoms with Gasteiger partial charge in [-0.3, -0.25) is 9.69 Å². The third kappa shape index (κ3) is 4.85. The van der Waals surface area contributed by atoms with E-state index in [-0.39, 0.29) is 5.91 Å². The van der Waals surface area contributed by atoms with Crippen molar-refractivity contribution in [2.75, 3.05) is 32.7 Å². The molecule has 3 rings (SSSR count). The zero-order chi connectivity index (χ0) is 17.6. The number of amides is 1. The largest absolute Gasteiger partial charge is 0.336 e. The minimum absolute atomic E-state index is 0.0491. The van der Waals surface area contributed by atoms with Gasteiger partial charge in [-0.15, -0.1) is 0 Å². The van der Waals surface area contributed by atoms with Gasteiger partial charge < -0.3 is 4.90 Å². The topological polar surface area (TPSA) is 23.6 Å². The predicted octanol–water partition coefficient (Wildman–Crippen LogP) is 4.46. The lowest BCUT2D eigenvalue weighted by Crippen LogP contribution is -2.48. The molecule has 0 bridgehead atoms. The quantitative estimate of drug-likeness (QED) is 0.788. The molecule has 1 heterocycles. The summed E-state index contributed by atoms with van der Waals surface area (Å²) >= 11 is 12.1. The number of carbonyl (C=O) groups excluding carboxylic acids is 1. The van der Waals surface area contributed by atoms with Crippen LogP contribution in [0.3, 0.4) is 0 Å². The maximum Gasteiger partial charge on any atom is 0.255 e. The van der Waals surface area contributed by atoms with E-state index in [1.807, 2.05) is 23.1 Å². The van der Waals surface area contributed by atoms with Gasteiger partial charge in [0.15, 0.2) is 0 Å². The fourth-order valence-electron chi connectivity index (χ4n) is 2.87. The van der Waals surface area contributed by atoms with Crippen molar-refractivity contribution in [3.63, 3.8) is 0 Å². The molecule has 3 nitrogen and oxygen atoms in total. The number of piperazine rings is 1. The Morgan fingerprint density at radius 1 is 1.00 bits per heavy atom. The average Bonchev–Trinajstić information content (AvgIpc) is 2.65. The molecule has 0 atom stereocenters. The molecule has 2 aromatic carbocycles. The average molecular weight is 375 g/mol. The summed E-state index contributed by atoms with van der Waals surface area (Å²) in [7, 11) is 0. The highest BCUT2D eigenvalue weighted by Gasteiger charge is 2.23. The molecule has 0 aromatic heterocycles. The first-order valence-electron chi connectivity index (χ1n) is 8.32. The molecule has 1 aliphatic heterocycles. The second-order valence-electron chi connectivity index (χ2n) is 6.03. The number of nitrogens with zero attached hydrogens (tertiary/aromatic N) is 2. The van der Waals surface area contributed by atoms with E-state index in [9.17, 15) is 4.79 Å². The van der Waals surface area contributed by atoms with E-state index in [1.165, 1.54) is 5.56 Å². The first kappa shape index (κ1) is 18.0. The number of carbonyl (C=O) groups is 1. The Hall–Kier alpha value is -1.81. The summed E-state index contributed by atoms with van der Waals surface area (Å²) in [6.45, 7) is 3.97. The number of halogens is 2. The highest BCUT2D eigenvalue weighted by atomic mass is 35.5.